The zero-order valence-corrected chi connectivity index (χ0v) is 20.2. The fourth-order valence-electron chi connectivity index (χ4n) is 5.52. The molecule has 0 saturated carbocycles. The number of carbonyl (C=O) groups is 1. The number of thioether (sulfide) groups is 2. The maximum Gasteiger partial charge on any atom is 0.302 e. The summed E-state index contributed by atoms with van der Waals surface area (Å²) in [4.78, 5) is 18.1. The minimum Gasteiger partial charge on any atom is -0.463 e. The molecule has 30 heavy (non-hydrogen) atoms. The van der Waals surface area contributed by atoms with Gasteiger partial charge in [0.2, 0.25) is 0 Å². The van der Waals surface area contributed by atoms with Crippen molar-refractivity contribution >= 4 is 40.4 Å². The van der Waals surface area contributed by atoms with E-state index in [0.717, 1.165) is 37.4 Å². The number of para-hydroxylation sites is 1. The van der Waals surface area contributed by atoms with E-state index in [-0.39, 0.29) is 12.1 Å². The van der Waals surface area contributed by atoms with E-state index < -0.39 is 0 Å². The van der Waals surface area contributed by atoms with Gasteiger partial charge in [-0.25, -0.2) is 0 Å². The van der Waals surface area contributed by atoms with Gasteiger partial charge in [0.25, 0.3) is 0 Å². The Morgan fingerprint density at radius 1 is 1.27 bits per heavy atom. The number of nitrogens with zero attached hydrogens (tertiary/aromatic N) is 1. The molecule has 1 aliphatic heterocycles. The summed E-state index contributed by atoms with van der Waals surface area (Å²) in [6.07, 6.45) is 2.17. The lowest BCUT2D eigenvalue weighted by Crippen LogP contribution is -2.51. The fraction of sp³-hybridized carbons (Fsp3) is 0.625. The highest BCUT2D eigenvalue weighted by Crippen LogP contribution is 2.48. The Kier molecular flexibility index (Phi) is 7.05. The molecule has 2 bridgehead atoms. The monoisotopic (exact) mass is 446 g/mol. The summed E-state index contributed by atoms with van der Waals surface area (Å²) in [6, 6.07) is 9.20. The quantitative estimate of drug-likeness (QED) is 0.429. The summed E-state index contributed by atoms with van der Waals surface area (Å²) in [5.74, 6) is 3.05. The standard InChI is InChI=1S/C24H34N2O2S2/c1-5-29-23(30-6-2)14-26-13-19(15(3)28-16(4)27)17-11-21-24(22(26)12-17)18-9-7-8-10-20(18)25-21/h7-10,15,17,19,22-23,25H,5-6,11-14H2,1-4H3/t15-,17+,19-,22+/m0/s1. The molecule has 0 radical (unpaired) electrons. The molecule has 0 amide bonds. The Bertz CT molecular complexity index is 877. The first-order chi connectivity index (χ1) is 14.5. The van der Waals surface area contributed by atoms with Crippen LogP contribution in [0.3, 0.4) is 0 Å². The van der Waals surface area contributed by atoms with E-state index in [1.807, 2.05) is 0 Å². The van der Waals surface area contributed by atoms with Gasteiger partial charge in [0.05, 0.1) is 4.58 Å². The second-order valence-electron chi connectivity index (χ2n) is 8.55. The number of piperidine rings is 1. The van der Waals surface area contributed by atoms with Crippen LogP contribution in [0.1, 0.15) is 51.4 Å². The molecule has 0 unspecified atom stereocenters. The number of H-pyrrole nitrogens is 1. The normalized spacial score (nSPS) is 24.8. The highest BCUT2D eigenvalue weighted by Gasteiger charge is 2.45. The first-order valence-electron chi connectivity index (χ1n) is 11.3. The molecule has 1 saturated heterocycles. The second-order valence-corrected chi connectivity index (χ2v) is 11.8. The number of fused-ring (bicyclic) bond motifs is 6. The van der Waals surface area contributed by atoms with E-state index in [0.29, 0.717) is 22.5 Å². The summed E-state index contributed by atoms with van der Waals surface area (Å²) in [5, 5.41) is 1.38. The van der Waals surface area contributed by atoms with Crippen molar-refractivity contribution in [1.82, 2.24) is 9.88 Å². The van der Waals surface area contributed by atoms with Crippen LogP contribution in [-0.2, 0) is 16.0 Å². The van der Waals surface area contributed by atoms with Crippen LogP contribution in [0.15, 0.2) is 24.3 Å². The summed E-state index contributed by atoms with van der Waals surface area (Å²) < 4.78 is 6.27. The largest absolute Gasteiger partial charge is 0.463 e. The number of likely N-dealkylation sites (tertiary alicyclic amines) is 1. The predicted octanol–water partition coefficient (Wildman–Crippen LogP) is 5.49. The Morgan fingerprint density at radius 2 is 2.00 bits per heavy atom. The molecule has 1 aliphatic carbocycles. The molecule has 2 heterocycles. The molecule has 4 nitrogen and oxygen atoms in total. The molecule has 0 spiro atoms. The first kappa shape index (κ1) is 22.1. The molecule has 6 heteroatoms. The number of aromatic amines is 1. The van der Waals surface area contributed by atoms with Gasteiger partial charge in [-0.05, 0) is 48.8 Å². The smallest absolute Gasteiger partial charge is 0.302 e. The van der Waals surface area contributed by atoms with Crippen LogP contribution in [0, 0.1) is 11.8 Å². The van der Waals surface area contributed by atoms with Crippen molar-refractivity contribution in [2.75, 3.05) is 24.6 Å². The number of carbonyl (C=O) groups excluding carboxylic acids is 1. The summed E-state index contributed by atoms with van der Waals surface area (Å²) >= 11 is 4.12. The van der Waals surface area contributed by atoms with Crippen molar-refractivity contribution in [3.05, 3.63) is 35.5 Å². The van der Waals surface area contributed by atoms with Gasteiger partial charge in [-0.2, -0.15) is 0 Å². The molecule has 164 valence electrons. The minimum absolute atomic E-state index is 0.0435. The molecule has 1 fully saturated rings. The van der Waals surface area contributed by atoms with E-state index in [1.165, 1.54) is 29.1 Å². The molecule has 1 aromatic carbocycles. The number of nitrogens with one attached hydrogen (secondary N) is 1. The van der Waals surface area contributed by atoms with Gasteiger partial charge >= 0.3 is 5.97 Å². The third kappa shape index (κ3) is 4.42. The minimum atomic E-state index is -0.167. The van der Waals surface area contributed by atoms with Crippen LogP contribution >= 0.6 is 23.5 Å². The van der Waals surface area contributed by atoms with Gasteiger partial charge in [0.1, 0.15) is 6.10 Å². The van der Waals surface area contributed by atoms with E-state index in [2.05, 4.69) is 78.4 Å². The van der Waals surface area contributed by atoms with Gasteiger partial charge in [-0.15, -0.1) is 23.5 Å². The number of rotatable bonds is 8. The zero-order valence-electron chi connectivity index (χ0n) is 18.5. The molecule has 2 aliphatic rings. The number of hydrogen-bond donors (Lipinski definition) is 1. The van der Waals surface area contributed by atoms with Gasteiger partial charge in [0.15, 0.2) is 0 Å². The van der Waals surface area contributed by atoms with Crippen molar-refractivity contribution in [3.8, 4) is 0 Å². The van der Waals surface area contributed by atoms with E-state index >= 15 is 0 Å². The SMILES string of the molecule is CCSC(CN1C[C@@H]([C@H](C)OC(C)=O)[C@@H]2Cc3[nH]c4ccccc4c3[C@H]1C2)SCC. The average molecular weight is 447 g/mol. The van der Waals surface area contributed by atoms with Gasteiger partial charge < -0.3 is 9.72 Å². The molecule has 1 N–H and O–H groups in total. The zero-order chi connectivity index (χ0) is 21.3. The van der Waals surface area contributed by atoms with Crippen LogP contribution in [0.5, 0.6) is 0 Å². The maximum absolute atomic E-state index is 11.7. The van der Waals surface area contributed by atoms with Gasteiger partial charge in [-0.3, -0.25) is 9.69 Å². The molecular formula is C24H34N2O2S2. The third-order valence-corrected chi connectivity index (χ3v) is 9.21. The van der Waals surface area contributed by atoms with E-state index in [1.54, 1.807) is 0 Å². The lowest BCUT2D eigenvalue weighted by molar-refractivity contribution is -0.151. The summed E-state index contributed by atoms with van der Waals surface area (Å²) in [6.45, 7) is 10.2. The van der Waals surface area contributed by atoms with Gasteiger partial charge in [0, 0.05) is 48.6 Å². The number of benzene rings is 1. The highest BCUT2D eigenvalue weighted by molar-refractivity contribution is 8.17. The molecule has 4 rings (SSSR count). The molecule has 4 atom stereocenters. The van der Waals surface area contributed by atoms with Crippen LogP contribution in [-0.4, -0.2) is 51.1 Å². The lowest BCUT2D eigenvalue weighted by Gasteiger charge is -2.49. The second kappa shape index (κ2) is 9.58. The number of esters is 1. The molecule has 1 aromatic heterocycles. The topological polar surface area (TPSA) is 45.3 Å². The van der Waals surface area contributed by atoms with Crippen LogP contribution in [0.2, 0.25) is 0 Å². The molecular weight excluding hydrogens is 412 g/mol. The highest BCUT2D eigenvalue weighted by atomic mass is 32.2. The Hall–Kier alpha value is -1.11. The van der Waals surface area contributed by atoms with E-state index in [9.17, 15) is 4.79 Å². The van der Waals surface area contributed by atoms with Gasteiger partial charge in [-0.1, -0.05) is 32.0 Å². The Labute approximate surface area is 188 Å². The van der Waals surface area contributed by atoms with Crippen molar-refractivity contribution in [2.45, 2.75) is 57.3 Å². The first-order valence-corrected chi connectivity index (χ1v) is 13.3. The third-order valence-electron chi connectivity index (χ3n) is 6.69. The Balaban J connectivity index is 1.69. The average Bonchev–Trinajstić information content (AvgIpc) is 3.08. The maximum atomic E-state index is 11.7. The Morgan fingerprint density at radius 3 is 2.70 bits per heavy atom. The van der Waals surface area contributed by atoms with Crippen LogP contribution in [0.25, 0.3) is 10.9 Å². The number of ether oxygens (including phenoxy) is 1. The van der Waals surface area contributed by atoms with Crippen LogP contribution in [0.4, 0.5) is 0 Å². The van der Waals surface area contributed by atoms with Crippen molar-refractivity contribution in [3.63, 3.8) is 0 Å². The summed E-state index contributed by atoms with van der Waals surface area (Å²) in [5.41, 5.74) is 4.16. The van der Waals surface area contributed by atoms with Crippen molar-refractivity contribution < 1.29 is 9.53 Å². The number of aromatic nitrogens is 1. The van der Waals surface area contributed by atoms with E-state index in [4.69, 9.17) is 4.74 Å². The van der Waals surface area contributed by atoms with Crippen molar-refractivity contribution in [2.24, 2.45) is 11.8 Å². The van der Waals surface area contributed by atoms with Crippen LogP contribution < -0.4 is 0 Å². The fourth-order valence-corrected chi connectivity index (χ4v) is 8.05. The summed E-state index contributed by atoms with van der Waals surface area (Å²) in [7, 11) is 0. The number of hydrogen-bond acceptors (Lipinski definition) is 5. The lowest BCUT2D eigenvalue weighted by atomic mass is 9.70. The molecule has 2 aromatic rings. The predicted molar refractivity (Wildman–Crippen MR) is 129 cm³/mol. The van der Waals surface area contributed by atoms with Crippen molar-refractivity contribution in [1.29, 1.82) is 0 Å².